The van der Waals surface area contributed by atoms with Gasteiger partial charge in [0, 0.05) is 21.3 Å². The maximum absolute atomic E-state index is 12.8. The van der Waals surface area contributed by atoms with E-state index in [1.807, 2.05) is 12.1 Å². The van der Waals surface area contributed by atoms with E-state index in [-0.39, 0.29) is 12.1 Å². The average molecular weight is 377 g/mol. The third-order valence-electron chi connectivity index (χ3n) is 3.74. The molecule has 0 saturated carbocycles. The van der Waals surface area contributed by atoms with E-state index in [9.17, 15) is 4.79 Å². The van der Waals surface area contributed by atoms with Crippen molar-refractivity contribution in [1.29, 1.82) is 0 Å². The van der Waals surface area contributed by atoms with Crippen molar-refractivity contribution in [2.24, 2.45) is 0 Å². The summed E-state index contributed by atoms with van der Waals surface area (Å²) in [7, 11) is 0. The fraction of sp³-hybridized carbons (Fsp3) is 0.222. The second-order valence-electron chi connectivity index (χ2n) is 5.32. The number of hydrogen-bond acceptors (Lipinski definition) is 3. The summed E-state index contributed by atoms with van der Waals surface area (Å²) in [6.07, 6.45) is 6.73. The third-order valence-corrected chi connectivity index (χ3v) is 5.50. The van der Waals surface area contributed by atoms with Crippen LogP contribution in [0.5, 0.6) is 0 Å². The minimum Gasteiger partial charge on any atom is -0.284 e. The SMILES string of the molecule is C#CCn1c(Cc2ccc(Cl)cc2Cl)nc2sc(CC)cc2c1=O. The van der Waals surface area contributed by atoms with E-state index in [2.05, 4.69) is 17.8 Å². The molecule has 3 nitrogen and oxygen atoms in total. The molecular weight excluding hydrogens is 363 g/mol. The summed E-state index contributed by atoms with van der Waals surface area (Å²) in [4.78, 5) is 19.3. The lowest BCUT2D eigenvalue weighted by Crippen LogP contribution is -2.24. The molecule has 0 atom stereocenters. The molecule has 24 heavy (non-hydrogen) atoms. The van der Waals surface area contributed by atoms with Crippen LogP contribution in [-0.2, 0) is 19.4 Å². The molecule has 0 bridgehead atoms. The summed E-state index contributed by atoms with van der Waals surface area (Å²) >= 11 is 13.7. The Balaban J connectivity index is 2.16. The van der Waals surface area contributed by atoms with Crippen molar-refractivity contribution in [2.75, 3.05) is 0 Å². The summed E-state index contributed by atoms with van der Waals surface area (Å²) < 4.78 is 1.54. The minimum absolute atomic E-state index is 0.103. The average Bonchev–Trinajstić information content (AvgIpc) is 2.97. The van der Waals surface area contributed by atoms with E-state index >= 15 is 0 Å². The second-order valence-corrected chi connectivity index (χ2v) is 7.28. The predicted molar refractivity (Wildman–Crippen MR) is 101 cm³/mol. The zero-order chi connectivity index (χ0) is 17.3. The number of terminal acetylenes is 1. The number of halogens is 2. The van der Waals surface area contributed by atoms with Crippen LogP contribution in [-0.4, -0.2) is 9.55 Å². The maximum Gasteiger partial charge on any atom is 0.263 e. The number of hydrogen-bond donors (Lipinski definition) is 0. The molecule has 0 spiro atoms. The van der Waals surface area contributed by atoms with E-state index < -0.39 is 0 Å². The van der Waals surface area contributed by atoms with Gasteiger partial charge in [0.2, 0.25) is 0 Å². The molecule has 0 unspecified atom stereocenters. The molecule has 1 aromatic carbocycles. The van der Waals surface area contributed by atoms with Gasteiger partial charge < -0.3 is 0 Å². The first-order valence-corrected chi connectivity index (χ1v) is 9.00. The zero-order valence-electron chi connectivity index (χ0n) is 13.0. The first kappa shape index (κ1) is 17.0. The van der Waals surface area contributed by atoms with Crippen LogP contribution in [0.25, 0.3) is 10.2 Å². The number of fused-ring (bicyclic) bond motifs is 1. The first-order valence-electron chi connectivity index (χ1n) is 7.43. The molecule has 122 valence electrons. The molecule has 2 heterocycles. The number of rotatable bonds is 4. The molecule has 0 aliphatic carbocycles. The third kappa shape index (κ3) is 3.21. The Morgan fingerprint density at radius 1 is 1.33 bits per heavy atom. The van der Waals surface area contributed by atoms with Crippen LogP contribution in [0.15, 0.2) is 29.1 Å². The first-order chi connectivity index (χ1) is 11.5. The maximum atomic E-state index is 12.8. The summed E-state index contributed by atoms with van der Waals surface area (Å²) in [5, 5.41) is 1.74. The fourth-order valence-electron chi connectivity index (χ4n) is 2.51. The Hall–Kier alpha value is -1.80. The van der Waals surface area contributed by atoms with Gasteiger partial charge in [0.1, 0.15) is 10.7 Å². The van der Waals surface area contributed by atoms with Crippen molar-refractivity contribution in [1.82, 2.24) is 9.55 Å². The van der Waals surface area contributed by atoms with Crippen LogP contribution in [0.2, 0.25) is 10.0 Å². The van der Waals surface area contributed by atoms with Gasteiger partial charge in [-0.05, 0) is 30.2 Å². The topological polar surface area (TPSA) is 34.9 Å². The Kier molecular flexibility index (Phi) is 4.96. The number of nitrogens with zero attached hydrogens (tertiary/aromatic N) is 2. The number of thiophene rings is 1. The molecule has 0 aliphatic rings. The zero-order valence-corrected chi connectivity index (χ0v) is 15.3. The van der Waals surface area contributed by atoms with E-state index in [0.717, 1.165) is 21.7 Å². The standard InChI is InChI=1S/C18H14Cl2N2OS/c1-3-7-22-16(8-11-5-6-12(19)9-15(11)20)21-17-14(18(22)23)10-13(4-2)24-17/h1,5-6,9-10H,4,7-8H2,2H3. The van der Waals surface area contributed by atoms with Crippen molar-refractivity contribution in [3.05, 3.63) is 60.9 Å². The Morgan fingerprint density at radius 3 is 2.79 bits per heavy atom. The lowest BCUT2D eigenvalue weighted by Gasteiger charge is -2.11. The van der Waals surface area contributed by atoms with Crippen LogP contribution in [0.4, 0.5) is 0 Å². The van der Waals surface area contributed by atoms with Crippen LogP contribution >= 0.6 is 34.5 Å². The van der Waals surface area contributed by atoms with Gasteiger partial charge in [-0.25, -0.2) is 4.98 Å². The van der Waals surface area contributed by atoms with E-state index in [1.54, 1.807) is 16.7 Å². The van der Waals surface area contributed by atoms with Gasteiger partial charge in [-0.15, -0.1) is 17.8 Å². The van der Waals surface area contributed by atoms with Gasteiger partial charge >= 0.3 is 0 Å². The second kappa shape index (κ2) is 6.98. The van der Waals surface area contributed by atoms with Crippen LogP contribution < -0.4 is 5.56 Å². The molecule has 0 aliphatic heterocycles. The number of benzene rings is 1. The quantitative estimate of drug-likeness (QED) is 0.625. The fourth-order valence-corrected chi connectivity index (χ4v) is 3.96. The molecule has 0 saturated heterocycles. The van der Waals surface area contributed by atoms with Crippen LogP contribution in [0.3, 0.4) is 0 Å². The predicted octanol–water partition coefficient (Wildman–Crippen LogP) is 4.55. The van der Waals surface area contributed by atoms with Gasteiger partial charge in [0.05, 0.1) is 11.9 Å². The summed E-state index contributed by atoms with van der Waals surface area (Å²) in [5.41, 5.74) is 0.749. The summed E-state index contributed by atoms with van der Waals surface area (Å²) in [6, 6.07) is 7.20. The van der Waals surface area contributed by atoms with E-state index in [0.29, 0.717) is 27.7 Å². The van der Waals surface area contributed by atoms with Gasteiger partial charge in [-0.1, -0.05) is 42.1 Å². The normalized spacial score (nSPS) is 10.9. The summed E-state index contributed by atoms with van der Waals surface area (Å²) in [6.45, 7) is 2.23. The largest absolute Gasteiger partial charge is 0.284 e. The Labute approximate surface area is 153 Å². The Morgan fingerprint density at radius 2 is 2.12 bits per heavy atom. The van der Waals surface area contributed by atoms with Gasteiger partial charge in [0.15, 0.2) is 0 Å². The minimum atomic E-state index is -0.103. The highest BCUT2D eigenvalue weighted by Gasteiger charge is 2.15. The molecule has 6 heteroatoms. The number of aryl methyl sites for hydroxylation is 1. The van der Waals surface area contributed by atoms with Crippen molar-refractivity contribution in [2.45, 2.75) is 26.3 Å². The molecular formula is C18H14Cl2N2OS. The Bertz CT molecular complexity index is 1010. The van der Waals surface area contributed by atoms with Crippen molar-refractivity contribution >= 4 is 44.8 Å². The molecule has 0 N–H and O–H groups in total. The number of aromatic nitrogens is 2. The van der Waals surface area contributed by atoms with Gasteiger partial charge in [-0.3, -0.25) is 9.36 Å². The van der Waals surface area contributed by atoms with Gasteiger partial charge in [0.25, 0.3) is 5.56 Å². The highest BCUT2D eigenvalue weighted by atomic mass is 35.5. The van der Waals surface area contributed by atoms with Crippen LogP contribution in [0.1, 0.15) is 23.2 Å². The molecule has 0 radical (unpaired) electrons. The molecule has 2 aromatic heterocycles. The van der Waals surface area contributed by atoms with Gasteiger partial charge in [-0.2, -0.15) is 0 Å². The monoisotopic (exact) mass is 376 g/mol. The smallest absolute Gasteiger partial charge is 0.263 e. The lowest BCUT2D eigenvalue weighted by atomic mass is 10.1. The molecule has 0 fully saturated rings. The van der Waals surface area contributed by atoms with Crippen molar-refractivity contribution in [3.8, 4) is 12.3 Å². The molecule has 3 rings (SSSR count). The van der Waals surface area contributed by atoms with Crippen molar-refractivity contribution in [3.63, 3.8) is 0 Å². The van der Waals surface area contributed by atoms with E-state index in [4.69, 9.17) is 29.6 Å². The lowest BCUT2D eigenvalue weighted by molar-refractivity contribution is 0.720. The highest BCUT2D eigenvalue weighted by molar-refractivity contribution is 7.18. The van der Waals surface area contributed by atoms with E-state index in [1.165, 1.54) is 11.3 Å². The highest BCUT2D eigenvalue weighted by Crippen LogP contribution is 2.25. The van der Waals surface area contributed by atoms with Crippen LogP contribution in [0, 0.1) is 12.3 Å². The van der Waals surface area contributed by atoms with Crippen molar-refractivity contribution < 1.29 is 0 Å². The summed E-state index contributed by atoms with van der Waals surface area (Å²) in [5.74, 6) is 3.14. The molecule has 0 amide bonds. The molecule has 3 aromatic rings.